The summed E-state index contributed by atoms with van der Waals surface area (Å²) in [4.78, 5) is 13.0. The monoisotopic (exact) mass is 504 g/mol. The maximum Gasteiger partial charge on any atom is 0.253 e. The van der Waals surface area contributed by atoms with E-state index in [-0.39, 0.29) is 16.7 Å². The maximum atomic E-state index is 13.0. The van der Waals surface area contributed by atoms with E-state index in [0.29, 0.717) is 23.8 Å². The number of amides is 1. The lowest BCUT2D eigenvalue weighted by Gasteiger charge is -2.35. The number of hydrogen-bond acceptors (Lipinski definition) is 4. The Balaban J connectivity index is 2.24. The molecule has 0 saturated carbocycles. The van der Waals surface area contributed by atoms with E-state index in [1.165, 1.54) is 0 Å². The first-order valence-corrected chi connectivity index (χ1v) is 11.3. The van der Waals surface area contributed by atoms with Gasteiger partial charge in [0.1, 0.15) is 10.5 Å². The molecule has 1 amide bonds. The topological polar surface area (TPSA) is 64.6 Å². The van der Waals surface area contributed by atoms with E-state index in [0.717, 1.165) is 15.7 Å². The molecule has 0 spiro atoms. The summed E-state index contributed by atoms with van der Waals surface area (Å²) in [6.07, 6.45) is 2.70. The second-order valence-electron chi connectivity index (χ2n) is 8.07. The van der Waals surface area contributed by atoms with Gasteiger partial charge >= 0.3 is 0 Å². The molecule has 7 heteroatoms. The number of carbonyl (C=O) groups is 1. The van der Waals surface area contributed by atoms with Gasteiger partial charge in [0.2, 0.25) is 0 Å². The zero-order valence-electron chi connectivity index (χ0n) is 16.8. The molecule has 0 aliphatic carbocycles. The molecule has 5 nitrogen and oxygen atoms in total. The minimum atomic E-state index is -1.17. The first kappa shape index (κ1) is 22.5. The highest BCUT2D eigenvalue weighted by Crippen LogP contribution is 2.33. The number of hydrogen-bond donors (Lipinski definition) is 1. The fourth-order valence-corrected chi connectivity index (χ4v) is 4.81. The van der Waals surface area contributed by atoms with Crippen LogP contribution in [0, 0.1) is 9.49 Å². The predicted molar refractivity (Wildman–Crippen MR) is 120 cm³/mol. The lowest BCUT2D eigenvalue weighted by atomic mass is 9.98. The Labute approximate surface area is 179 Å². The van der Waals surface area contributed by atoms with Crippen LogP contribution >= 0.6 is 22.6 Å². The third-order valence-corrected chi connectivity index (χ3v) is 7.13. The molecule has 1 aliphatic rings. The van der Waals surface area contributed by atoms with Gasteiger partial charge in [-0.2, -0.15) is 0 Å². The molecule has 0 bridgehead atoms. The molecule has 0 saturated heterocycles. The summed E-state index contributed by atoms with van der Waals surface area (Å²) in [6, 6.07) is 5.44. The Morgan fingerprint density at radius 2 is 2.11 bits per heavy atom. The van der Waals surface area contributed by atoms with E-state index in [9.17, 15) is 9.35 Å². The van der Waals surface area contributed by atoms with Crippen molar-refractivity contribution in [2.75, 3.05) is 19.0 Å². The number of nitrogens with one attached hydrogen (secondary N) is 1. The summed E-state index contributed by atoms with van der Waals surface area (Å²) in [5.41, 5.74) is 1.42. The van der Waals surface area contributed by atoms with Crippen molar-refractivity contribution in [1.29, 1.82) is 0 Å². The molecule has 2 rings (SSSR count). The minimum absolute atomic E-state index is 0.139. The number of methoxy groups -OCH3 is 1. The van der Waals surface area contributed by atoms with Crippen LogP contribution < -0.4 is 10.1 Å². The molecule has 1 unspecified atom stereocenters. The lowest BCUT2D eigenvalue weighted by molar-refractivity contribution is -0.113. The normalized spacial score (nSPS) is 19.1. The Bertz CT molecular complexity index is 716. The van der Waals surface area contributed by atoms with Crippen LogP contribution in [0.4, 0.5) is 5.69 Å². The van der Waals surface area contributed by atoms with Gasteiger partial charge in [-0.1, -0.05) is 19.9 Å². The number of rotatable bonds is 6. The summed E-state index contributed by atoms with van der Waals surface area (Å²) in [7, 11) is 1.60. The van der Waals surface area contributed by atoms with Crippen LogP contribution in [0.2, 0.25) is 0 Å². The molecule has 0 fully saturated rings. The quantitative estimate of drug-likeness (QED) is 0.462. The van der Waals surface area contributed by atoms with Gasteiger partial charge in [0, 0.05) is 26.6 Å². The predicted octanol–water partition coefficient (Wildman–Crippen LogP) is 4.36. The summed E-state index contributed by atoms with van der Waals surface area (Å²) in [6.45, 7) is 10.7. The molecule has 0 aromatic heterocycles. The summed E-state index contributed by atoms with van der Waals surface area (Å²) < 4.78 is 20.8. The van der Waals surface area contributed by atoms with Crippen molar-refractivity contribution in [2.45, 2.75) is 51.8 Å². The molecular weight excluding hydrogens is 475 g/mol. The SMILES string of the molecule is COc1ccc(I)c(NC(=O)C2=CCN([S+]([O-])C(C)(C)C)[C@H]2CC(C)C)c1. The number of halogens is 1. The Morgan fingerprint density at radius 3 is 2.67 bits per heavy atom. The van der Waals surface area contributed by atoms with Crippen molar-refractivity contribution in [3.05, 3.63) is 33.4 Å². The van der Waals surface area contributed by atoms with Gasteiger partial charge in [-0.3, -0.25) is 4.79 Å². The van der Waals surface area contributed by atoms with E-state index in [1.54, 1.807) is 7.11 Å². The van der Waals surface area contributed by atoms with Gasteiger partial charge < -0.3 is 14.6 Å². The highest BCUT2D eigenvalue weighted by molar-refractivity contribution is 14.1. The number of nitrogens with zero attached hydrogens (tertiary/aromatic N) is 1. The van der Waals surface area contributed by atoms with Crippen molar-refractivity contribution < 1.29 is 14.1 Å². The summed E-state index contributed by atoms with van der Waals surface area (Å²) >= 11 is 1.02. The minimum Gasteiger partial charge on any atom is -0.597 e. The summed E-state index contributed by atoms with van der Waals surface area (Å²) in [5.74, 6) is 0.946. The average molecular weight is 504 g/mol. The van der Waals surface area contributed by atoms with Crippen molar-refractivity contribution in [3.8, 4) is 5.75 Å². The zero-order valence-corrected chi connectivity index (χ0v) is 19.8. The Kier molecular flexibility index (Phi) is 7.63. The summed E-state index contributed by atoms with van der Waals surface area (Å²) in [5, 5.41) is 3.01. The molecule has 27 heavy (non-hydrogen) atoms. The Morgan fingerprint density at radius 1 is 1.44 bits per heavy atom. The average Bonchev–Trinajstić information content (AvgIpc) is 2.97. The molecule has 1 heterocycles. The van der Waals surface area contributed by atoms with E-state index in [1.807, 2.05) is 49.4 Å². The largest absolute Gasteiger partial charge is 0.597 e. The van der Waals surface area contributed by atoms with Crippen molar-refractivity contribution in [1.82, 2.24) is 4.31 Å². The first-order chi connectivity index (χ1) is 12.5. The standard InChI is InChI=1S/C20H29IN2O3S/c1-13(2)11-18-15(9-10-23(18)27(25)20(3,4)5)19(24)22-17-12-14(26-6)7-8-16(17)21/h7-9,12-13,18H,10-11H2,1-6H3,(H,22,24)/t18-,27?/m0/s1. The van der Waals surface area contributed by atoms with Gasteiger partial charge in [0.05, 0.1) is 25.4 Å². The molecule has 0 radical (unpaired) electrons. The van der Waals surface area contributed by atoms with Crippen LogP contribution in [0.15, 0.2) is 29.8 Å². The maximum absolute atomic E-state index is 13.0. The highest BCUT2D eigenvalue weighted by Gasteiger charge is 2.43. The highest BCUT2D eigenvalue weighted by atomic mass is 127. The van der Waals surface area contributed by atoms with Crippen molar-refractivity contribution in [3.63, 3.8) is 0 Å². The van der Waals surface area contributed by atoms with Crippen molar-refractivity contribution in [2.24, 2.45) is 5.92 Å². The molecule has 1 aliphatic heterocycles. The van der Waals surface area contributed by atoms with E-state index >= 15 is 0 Å². The number of carbonyl (C=O) groups excluding carboxylic acids is 1. The second-order valence-corrected chi connectivity index (χ2v) is 11.4. The lowest BCUT2D eigenvalue weighted by Crippen LogP contribution is -2.47. The second kappa shape index (κ2) is 9.15. The van der Waals surface area contributed by atoms with Gasteiger partial charge in [0.25, 0.3) is 5.91 Å². The van der Waals surface area contributed by atoms with E-state index in [4.69, 9.17) is 4.74 Å². The van der Waals surface area contributed by atoms with Crippen LogP contribution in [0.25, 0.3) is 0 Å². The van der Waals surface area contributed by atoms with Crippen molar-refractivity contribution >= 4 is 45.5 Å². The number of ether oxygens (including phenoxy) is 1. The van der Waals surface area contributed by atoms with Crippen LogP contribution in [0.3, 0.4) is 0 Å². The van der Waals surface area contributed by atoms with Gasteiger partial charge in [-0.05, 0) is 67.8 Å². The smallest absolute Gasteiger partial charge is 0.253 e. The van der Waals surface area contributed by atoms with Gasteiger partial charge in [-0.25, -0.2) is 0 Å². The first-order valence-electron chi connectivity index (χ1n) is 9.08. The fourth-order valence-electron chi connectivity index (χ4n) is 3.00. The number of anilines is 1. The van der Waals surface area contributed by atoms with E-state index < -0.39 is 11.4 Å². The van der Waals surface area contributed by atoms with Crippen LogP contribution in [0.5, 0.6) is 5.75 Å². The Hall–Kier alpha value is -0.770. The van der Waals surface area contributed by atoms with Crippen LogP contribution in [-0.2, 0) is 16.2 Å². The molecule has 150 valence electrons. The molecule has 1 N–H and O–H groups in total. The van der Waals surface area contributed by atoms with Gasteiger partial charge in [-0.15, -0.1) is 4.31 Å². The van der Waals surface area contributed by atoms with Crippen LogP contribution in [-0.4, -0.2) is 39.2 Å². The van der Waals surface area contributed by atoms with Crippen LogP contribution in [0.1, 0.15) is 41.0 Å². The molecule has 1 aromatic rings. The fraction of sp³-hybridized carbons (Fsp3) is 0.550. The van der Waals surface area contributed by atoms with Gasteiger partial charge in [0.15, 0.2) is 0 Å². The van der Waals surface area contributed by atoms with E-state index in [2.05, 4.69) is 41.8 Å². The molecular formula is C20H29IN2O3S. The third kappa shape index (κ3) is 5.62. The number of benzene rings is 1. The molecule has 2 atom stereocenters. The molecule has 1 aromatic carbocycles. The third-order valence-electron chi connectivity index (χ3n) is 4.31. The zero-order chi connectivity index (χ0) is 20.4.